The number of nitrogens with zero attached hydrogens (tertiary/aromatic N) is 1. The van der Waals surface area contributed by atoms with E-state index in [-0.39, 0.29) is 25.0 Å². The lowest BCUT2D eigenvalue weighted by Gasteiger charge is -2.33. The molecule has 0 saturated carbocycles. The Labute approximate surface area is 233 Å². The van der Waals surface area contributed by atoms with E-state index in [1.54, 1.807) is 4.90 Å². The molecule has 0 unspecified atom stereocenters. The predicted octanol–water partition coefficient (Wildman–Crippen LogP) is 6.65. The van der Waals surface area contributed by atoms with E-state index in [2.05, 4.69) is 21.2 Å². The molecule has 0 heterocycles. The Balaban J connectivity index is 1.94. The van der Waals surface area contributed by atoms with Crippen molar-refractivity contribution in [2.45, 2.75) is 59.2 Å². The van der Waals surface area contributed by atoms with Gasteiger partial charge >= 0.3 is 0 Å². The Morgan fingerprint density at radius 3 is 2.19 bits per heavy atom. The van der Waals surface area contributed by atoms with E-state index in [1.165, 1.54) is 0 Å². The fourth-order valence-electron chi connectivity index (χ4n) is 4.06. The first-order chi connectivity index (χ1) is 17.4. The smallest absolute Gasteiger partial charge is 0.261 e. The molecule has 0 saturated heterocycles. The number of rotatable bonds is 9. The third-order valence-corrected chi connectivity index (χ3v) is 6.87. The van der Waals surface area contributed by atoms with Crippen LogP contribution in [-0.4, -0.2) is 34.9 Å². The van der Waals surface area contributed by atoms with Crippen molar-refractivity contribution in [1.29, 1.82) is 0 Å². The SMILES string of the molecule is Cc1cc(OCC(=O)N(Cc2cccc(Br)c2)[C@@H](Cc2ccccc2)C(=O)NC(C)(C)C)cc(C)c1Cl. The molecule has 0 aliphatic rings. The minimum absolute atomic E-state index is 0.206. The van der Waals surface area contributed by atoms with Crippen LogP contribution in [0.25, 0.3) is 0 Å². The van der Waals surface area contributed by atoms with Crippen molar-refractivity contribution in [1.82, 2.24) is 10.2 Å². The molecule has 0 aliphatic heterocycles. The maximum Gasteiger partial charge on any atom is 0.261 e. The lowest BCUT2D eigenvalue weighted by atomic mass is 10.0. The first-order valence-electron chi connectivity index (χ1n) is 12.2. The molecule has 0 aromatic heterocycles. The average molecular weight is 586 g/mol. The van der Waals surface area contributed by atoms with Crippen molar-refractivity contribution in [3.8, 4) is 5.75 Å². The maximum absolute atomic E-state index is 13.7. The van der Waals surface area contributed by atoms with Gasteiger partial charge in [-0.2, -0.15) is 0 Å². The summed E-state index contributed by atoms with van der Waals surface area (Å²) in [5.74, 6) is 0.0713. The van der Waals surface area contributed by atoms with E-state index in [0.29, 0.717) is 17.2 Å². The minimum Gasteiger partial charge on any atom is -0.484 e. The molecule has 5 nitrogen and oxygen atoms in total. The van der Waals surface area contributed by atoms with Crippen molar-refractivity contribution < 1.29 is 14.3 Å². The normalized spacial score (nSPS) is 12.1. The summed E-state index contributed by atoms with van der Waals surface area (Å²) in [5.41, 5.74) is 3.17. The van der Waals surface area contributed by atoms with Crippen LogP contribution >= 0.6 is 27.5 Å². The number of hydrogen-bond acceptors (Lipinski definition) is 3. The summed E-state index contributed by atoms with van der Waals surface area (Å²) >= 11 is 9.80. The van der Waals surface area contributed by atoms with Crippen LogP contribution in [0.3, 0.4) is 0 Å². The lowest BCUT2D eigenvalue weighted by molar-refractivity contribution is -0.143. The van der Waals surface area contributed by atoms with Crippen LogP contribution in [0.5, 0.6) is 5.75 Å². The molecule has 1 atom stereocenters. The van der Waals surface area contributed by atoms with E-state index in [0.717, 1.165) is 26.7 Å². The topological polar surface area (TPSA) is 58.6 Å². The van der Waals surface area contributed by atoms with Gasteiger partial charge in [0, 0.05) is 28.0 Å². The zero-order valence-corrected chi connectivity index (χ0v) is 24.3. The van der Waals surface area contributed by atoms with Gasteiger partial charge in [-0.25, -0.2) is 0 Å². The van der Waals surface area contributed by atoms with Crippen LogP contribution in [0.2, 0.25) is 5.02 Å². The number of halogens is 2. The number of carbonyl (C=O) groups excluding carboxylic acids is 2. The molecule has 2 amide bonds. The van der Waals surface area contributed by atoms with E-state index in [1.807, 2.05) is 101 Å². The van der Waals surface area contributed by atoms with E-state index < -0.39 is 11.6 Å². The predicted molar refractivity (Wildman–Crippen MR) is 153 cm³/mol. The Kier molecular flexibility index (Phi) is 9.80. The van der Waals surface area contributed by atoms with Gasteiger partial charge in [0.15, 0.2) is 6.61 Å². The monoisotopic (exact) mass is 584 g/mol. The highest BCUT2D eigenvalue weighted by atomic mass is 79.9. The molecule has 1 N–H and O–H groups in total. The number of hydrogen-bond donors (Lipinski definition) is 1. The number of benzene rings is 3. The lowest BCUT2D eigenvalue weighted by Crippen LogP contribution is -2.55. The number of ether oxygens (including phenoxy) is 1. The fraction of sp³-hybridized carbons (Fsp3) is 0.333. The summed E-state index contributed by atoms with van der Waals surface area (Å²) in [6.07, 6.45) is 0.377. The summed E-state index contributed by atoms with van der Waals surface area (Å²) < 4.78 is 6.82. The Morgan fingerprint density at radius 1 is 0.973 bits per heavy atom. The highest BCUT2D eigenvalue weighted by Gasteiger charge is 2.32. The first kappa shape index (κ1) is 28.7. The van der Waals surface area contributed by atoms with Gasteiger partial charge in [-0.3, -0.25) is 9.59 Å². The first-order valence-corrected chi connectivity index (χ1v) is 13.4. The fourth-order valence-corrected chi connectivity index (χ4v) is 4.61. The van der Waals surface area contributed by atoms with Crippen molar-refractivity contribution in [3.05, 3.63) is 98.5 Å². The molecule has 0 fully saturated rings. The molecule has 7 heteroatoms. The number of nitrogens with one attached hydrogen (secondary N) is 1. The van der Waals surface area contributed by atoms with Gasteiger partial charge in [-0.1, -0.05) is 70.0 Å². The van der Waals surface area contributed by atoms with Crippen LogP contribution in [0.1, 0.15) is 43.0 Å². The van der Waals surface area contributed by atoms with Gasteiger partial charge in [0.05, 0.1) is 0 Å². The second kappa shape index (κ2) is 12.6. The van der Waals surface area contributed by atoms with Gasteiger partial charge in [-0.05, 0) is 81.1 Å². The van der Waals surface area contributed by atoms with Gasteiger partial charge in [0.1, 0.15) is 11.8 Å². The molecule has 3 aromatic carbocycles. The molecule has 0 bridgehead atoms. The van der Waals surface area contributed by atoms with E-state index in [9.17, 15) is 9.59 Å². The molecule has 3 aromatic rings. The van der Waals surface area contributed by atoms with Crippen LogP contribution < -0.4 is 10.1 Å². The molecule has 0 aliphatic carbocycles. The van der Waals surface area contributed by atoms with Gasteiger partial charge < -0.3 is 15.0 Å². The second-order valence-corrected chi connectivity index (χ2v) is 11.5. The molecule has 196 valence electrons. The Morgan fingerprint density at radius 2 is 1.59 bits per heavy atom. The standard InChI is InChI=1S/C30H34BrClN2O3/c1-20-14-25(15-21(2)28(20)32)37-19-27(35)34(18-23-12-9-13-24(31)16-23)26(29(36)33-30(3,4)5)17-22-10-7-6-8-11-22/h6-16,26H,17-19H2,1-5H3,(H,33,36)/t26-/m0/s1. The molecule has 37 heavy (non-hydrogen) atoms. The zero-order chi connectivity index (χ0) is 27.2. The van der Waals surface area contributed by atoms with Crippen molar-refractivity contribution in [3.63, 3.8) is 0 Å². The molecular formula is C30H34BrClN2O3. The highest BCUT2D eigenvalue weighted by Crippen LogP contribution is 2.26. The summed E-state index contributed by atoms with van der Waals surface area (Å²) in [7, 11) is 0. The maximum atomic E-state index is 13.7. The Bertz CT molecular complexity index is 1220. The van der Waals surface area contributed by atoms with E-state index in [4.69, 9.17) is 16.3 Å². The summed E-state index contributed by atoms with van der Waals surface area (Å²) in [4.78, 5) is 28.9. The number of amides is 2. The molecular weight excluding hydrogens is 552 g/mol. The minimum atomic E-state index is -0.731. The zero-order valence-electron chi connectivity index (χ0n) is 22.0. The van der Waals surface area contributed by atoms with Crippen molar-refractivity contribution in [2.75, 3.05) is 6.61 Å². The Hall–Kier alpha value is -2.83. The molecule has 3 rings (SSSR count). The van der Waals surface area contributed by atoms with E-state index >= 15 is 0 Å². The largest absolute Gasteiger partial charge is 0.484 e. The van der Waals surface area contributed by atoms with Gasteiger partial charge in [0.2, 0.25) is 5.91 Å². The van der Waals surface area contributed by atoms with Gasteiger partial charge in [-0.15, -0.1) is 0 Å². The number of carbonyl (C=O) groups is 2. The quantitative estimate of drug-likeness (QED) is 0.306. The van der Waals surface area contributed by atoms with Crippen LogP contribution in [-0.2, 0) is 22.6 Å². The second-order valence-electron chi connectivity index (χ2n) is 10.3. The summed E-state index contributed by atoms with van der Waals surface area (Å²) in [5, 5.41) is 3.75. The summed E-state index contributed by atoms with van der Waals surface area (Å²) in [6.45, 7) is 9.64. The third kappa shape index (κ3) is 8.61. The van der Waals surface area contributed by atoms with Gasteiger partial charge in [0.25, 0.3) is 5.91 Å². The van der Waals surface area contributed by atoms with Crippen LogP contribution in [0.15, 0.2) is 71.2 Å². The van der Waals surface area contributed by atoms with Crippen molar-refractivity contribution in [2.24, 2.45) is 0 Å². The highest BCUT2D eigenvalue weighted by molar-refractivity contribution is 9.10. The average Bonchev–Trinajstić information content (AvgIpc) is 2.82. The van der Waals surface area contributed by atoms with Crippen LogP contribution in [0, 0.1) is 13.8 Å². The van der Waals surface area contributed by atoms with Crippen molar-refractivity contribution >= 4 is 39.3 Å². The molecule has 0 radical (unpaired) electrons. The third-order valence-electron chi connectivity index (χ3n) is 5.78. The molecule has 0 spiro atoms. The summed E-state index contributed by atoms with van der Waals surface area (Å²) in [6, 6.07) is 20.4. The number of aryl methyl sites for hydroxylation is 2. The van der Waals surface area contributed by atoms with Crippen LogP contribution in [0.4, 0.5) is 0 Å².